The molecule has 0 aliphatic carbocycles. The largest absolute Gasteiger partial charge is 0.316 e. The summed E-state index contributed by atoms with van der Waals surface area (Å²) in [5, 5.41) is 14.1. The molecule has 1 saturated heterocycles. The van der Waals surface area contributed by atoms with E-state index in [4.69, 9.17) is 0 Å². The molecule has 6 nitrogen and oxygen atoms in total. The molecule has 0 amide bonds. The summed E-state index contributed by atoms with van der Waals surface area (Å²) in [6, 6.07) is 4.56. The van der Waals surface area contributed by atoms with Crippen molar-refractivity contribution < 1.29 is 9.13 Å². The molecule has 1 aromatic carbocycles. The maximum atomic E-state index is 12.5. The molecular weight excluding hydrogens is 334 g/mol. The fraction of sp³-hybridized carbons (Fsp3) is 0.417. The molecule has 1 aliphatic heterocycles. The summed E-state index contributed by atoms with van der Waals surface area (Å²) in [6.07, 6.45) is 1.95. The Kier molecular flexibility index (Phi) is 5.26. The van der Waals surface area contributed by atoms with Crippen molar-refractivity contribution in [2.45, 2.75) is 22.4 Å². The maximum absolute atomic E-state index is 12.5. The van der Waals surface area contributed by atoms with Gasteiger partial charge in [-0.25, -0.2) is 4.98 Å². The lowest BCUT2D eigenvalue weighted by atomic mass is 10.2. The zero-order valence-electron chi connectivity index (χ0n) is 11.0. The number of hydrogen-bond acceptors (Lipinski definition) is 6. The zero-order chi connectivity index (χ0) is 14.1. The van der Waals surface area contributed by atoms with Gasteiger partial charge in [0.1, 0.15) is 0 Å². The Morgan fingerprint density at radius 2 is 2.29 bits per heavy atom. The van der Waals surface area contributed by atoms with E-state index in [2.05, 4.69) is 10.3 Å². The van der Waals surface area contributed by atoms with Crippen molar-refractivity contribution in [1.82, 2.24) is 10.3 Å². The second kappa shape index (κ2) is 6.78. The van der Waals surface area contributed by atoms with Crippen molar-refractivity contribution in [3.05, 3.63) is 28.3 Å². The highest BCUT2D eigenvalue weighted by Gasteiger charge is 2.24. The molecule has 21 heavy (non-hydrogen) atoms. The highest BCUT2D eigenvalue weighted by molar-refractivity contribution is 7.88. The van der Waals surface area contributed by atoms with E-state index < -0.39 is 15.7 Å². The molecule has 0 saturated carbocycles. The number of benzene rings is 1. The number of nitro groups is 1. The van der Waals surface area contributed by atoms with Gasteiger partial charge in [-0.3, -0.25) is 14.3 Å². The molecule has 2 unspecified atom stereocenters. The van der Waals surface area contributed by atoms with E-state index >= 15 is 0 Å². The number of piperidine rings is 1. The summed E-state index contributed by atoms with van der Waals surface area (Å²) >= 11 is 1.36. The first-order valence-corrected chi connectivity index (χ1v) is 8.34. The third-order valence-electron chi connectivity index (χ3n) is 3.29. The average molecular weight is 348 g/mol. The third-order valence-corrected chi connectivity index (χ3v) is 6.31. The molecule has 114 valence electrons. The van der Waals surface area contributed by atoms with Crippen molar-refractivity contribution in [2.24, 2.45) is 0 Å². The highest BCUT2D eigenvalue weighted by Crippen LogP contribution is 2.29. The Balaban J connectivity index is 0.00000161. The van der Waals surface area contributed by atoms with Crippen molar-refractivity contribution in [3.8, 4) is 0 Å². The first-order chi connectivity index (χ1) is 9.65. The first kappa shape index (κ1) is 16.3. The van der Waals surface area contributed by atoms with Gasteiger partial charge in [-0.15, -0.1) is 23.7 Å². The topological polar surface area (TPSA) is 85.1 Å². The molecule has 1 fully saturated rings. The normalized spacial score (nSPS) is 19.9. The van der Waals surface area contributed by atoms with E-state index in [1.165, 1.54) is 23.5 Å². The molecule has 1 N–H and O–H groups in total. The molecule has 2 atom stereocenters. The number of thiazole rings is 1. The van der Waals surface area contributed by atoms with Crippen LogP contribution in [0.5, 0.6) is 0 Å². The van der Waals surface area contributed by atoms with Gasteiger partial charge in [-0.1, -0.05) is 0 Å². The van der Waals surface area contributed by atoms with Crippen LogP contribution in [0.25, 0.3) is 10.2 Å². The Labute approximate surface area is 134 Å². The van der Waals surface area contributed by atoms with Crippen molar-refractivity contribution in [3.63, 3.8) is 0 Å². The Morgan fingerprint density at radius 1 is 1.48 bits per heavy atom. The molecule has 2 aromatic rings. The summed E-state index contributed by atoms with van der Waals surface area (Å²) in [4.78, 5) is 14.6. The zero-order valence-corrected chi connectivity index (χ0v) is 13.4. The Bertz CT molecular complexity index is 685. The van der Waals surface area contributed by atoms with Crippen LogP contribution in [0.2, 0.25) is 0 Å². The summed E-state index contributed by atoms with van der Waals surface area (Å²) in [7, 11) is -1.14. The Morgan fingerprint density at radius 3 is 2.95 bits per heavy atom. The summed E-state index contributed by atoms with van der Waals surface area (Å²) in [5.74, 6) is 0. The fourth-order valence-electron chi connectivity index (χ4n) is 2.24. The van der Waals surface area contributed by atoms with E-state index in [0.717, 1.165) is 30.6 Å². The second-order valence-electron chi connectivity index (χ2n) is 4.65. The number of nitrogens with zero attached hydrogens (tertiary/aromatic N) is 2. The van der Waals surface area contributed by atoms with Crippen molar-refractivity contribution in [1.29, 1.82) is 0 Å². The van der Waals surface area contributed by atoms with Crippen LogP contribution in [-0.4, -0.2) is 32.5 Å². The van der Waals surface area contributed by atoms with Crippen LogP contribution in [0.15, 0.2) is 22.5 Å². The van der Waals surface area contributed by atoms with Gasteiger partial charge in [0, 0.05) is 18.7 Å². The third kappa shape index (κ3) is 3.39. The van der Waals surface area contributed by atoms with E-state index in [9.17, 15) is 14.3 Å². The van der Waals surface area contributed by atoms with Crippen LogP contribution in [0, 0.1) is 10.1 Å². The average Bonchev–Trinajstić information content (AvgIpc) is 2.90. The number of fused-ring (bicyclic) bond motifs is 1. The SMILES string of the molecule is Cl.O=[N+]([O-])c1ccc2sc(S(=O)C3CCCNC3)nc2c1. The van der Waals surface area contributed by atoms with Gasteiger partial charge in [0.15, 0.2) is 4.34 Å². The molecule has 1 aromatic heterocycles. The number of non-ortho nitro benzene ring substituents is 1. The maximum Gasteiger partial charge on any atom is 0.271 e. The number of aromatic nitrogens is 1. The van der Waals surface area contributed by atoms with E-state index in [0.29, 0.717) is 9.86 Å². The number of hydrogen-bond donors (Lipinski definition) is 1. The first-order valence-electron chi connectivity index (χ1n) is 6.31. The van der Waals surface area contributed by atoms with Gasteiger partial charge in [0.2, 0.25) is 0 Å². The minimum Gasteiger partial charge on any atom is -0.316 e. The number of nitrogens with one attached hydrogen (secondary N) is 1. The quantitative estimate of drug-likeness (QED) is 0.681. The van der Waals surface area contributed by atoms with Crippen LogP contribution in [-0.2, 0) is 10.8 Å². The van der Waals surface area contributed by atoms with Crippen LogP contribution in [0.3, 0.4) is 0 Å². The summed E-state index contributed by atoms with van der Waals surface area (Å²) in [6.45, 7) is 1.71. The van der Waals surface area contributed by atoms with Gasteiger partial charge in [0.05, 0.1) is 31.2 Å². The molecule has 0 spiro atoms. The predicted octanol–water partition coefficient (Wildman–Crippen LogP) is 2.49. The minimum atomic E-state index is -1.14. The number of rotatable bonds is 3. The molecule has 1 aliphatic rings. The highest BCUT2D eigenvalue weighted by atomic mass is 35.5. The molecule has 0 radical (unpaired) electrons. The van der Waals surface area contributed by atoms with Gasteiger partial charge >= 0.3 is 0 Å². The minimum absolute atomic E-state index is 0. The van der Waals surface area contributed by atoms with E-state index in [1.807, 2.05) is 0 Å². The van der Waals surface area contributed by atoms with Crippen LogP contribution >= 0.6 is 23.7 Å². The van der Waals surface area contributed by atoms with Gasteiger partial charge in [0.25, 0.3) is 5.69 Å². The van der Waals surface area contributed by atoms with E-state index in [-0.39, 0.29) is 23.3 Å². The van der Waals surface area contributed by atoms with Gasteiger partial charge in [-0.2, -0.15) is 0 Å². The second-order valence-corrected chi connectivity index (χ2v) is 7.59. The van der Waals surface area contributed by atoms with Crippen molar-refractivity contribution in [2.75, 3.05) is 13.1 Å². The summed E-state index contributed by atoms with van der Waals surface area (Å²) < 4.78 is 13.9. The predicted molar refractivity (Wildman–Crippen MR) is 85.8 cm³/mol. The summed E-state index contributed by atoms with van der Waals surface area (Å²) in [5.41, 5.74) is 0.566. The Hall–Kier alpha value is -1.09. The van der Waals surface area contributed by atoms with Crippen LogP contribution in [0.4, 0.5) is 5.69 Å². The standard InChI is InChI=1S/C12H13N3O3S2.ClH/c16-15(17)8-3-4-11-10(6-8)14-12(19-11)20(18)9-2-1-5-13-7-9;/h3-4,6,9,13H,1-2,5,7H2;1H. The number of halogens is 1. The molecular formula is C12H14ClN3O3S2. The van der Waals surface area contributed by atoms with Crippen LogP contribution in [0.1, 0.15) is 12.8 Å². The molecule has 2 heterocycles. The number of nitro benzene ring substituents is 1. The van der Waals surface area contributed by atoms with Gasteiger partial charge in [-0.05, 0) is 25.5 Å². The molecule has 0 bridgehead atoms. The lowest BCUT2D eigenvalue weighted by molar-refractivity contribution is -0.384. The van der Waals surface area contributed by atoms with E-state index in [1.54, 1.807) is 6.07 Å². The fourth-order valence-corrected chi connectivity index (χ4v) is 5.05. The monoisotopic (exact) mass is 347 g/mol. The molecule has 9 heteroatoms. The lowest BCUT2D eigenvalue weighted by Gasteiger charge is -2.20. The van der Waals surface area contributed by atoms with Crippen LogP contribution < -0.4 is 5.32 Å². The molecule has 3 rings (SSSR count). The smallest absolute Gasteiger partial charge is 0.271 e. The van der Waals surface area contributed by atoms with Gasteiger partial charge < -0.3 is 5.32 Å². The van der Waals surface area contributed by atoms with Crippen molar-refractivity contribution >= 4 is 50.4 Å². The lowest BCUT2D eigenvalue weighted by Crippen LogP contribution is -2.36.